The highest BCUT2D eigenvalue weighted by molar-refractivity contribution is 5.80. The van der Waals surface area contributed by atoms with Crippen molar-refractivity contribution in [2.24, 2.45) is 0 Å². The summed E-state index contributed by atoms with van der Waals surface area (Å²) in [6.07, 6.45) is 46.7. The van der Waals surface area contributed by atoms with Crippen LogP contribution >= 0.6 is 0 Å². The van der Waals surface area contributed by atoms with E-state index < -0.39 is 67.4 Å². The molecule has 0 spiro atoms. The molecule has 69 heavy (non-hydrogen) atoms. The number of amides is 1. The fourth-order valence-electron chi connectivity index (χ4n) is 8.21. The van der Waals surface area contributed by atoms with Crippen molar-refractivity contribution in [3.05, 3.63) is 72.9 Å². The lowest BCUT2D eigenvalue weighted by Gasteiger charge is -2.41. The van der Waals surface area contributed by atoms with Crippen molar-refractivity contribution in [2.45, 2.75) is 269 Å². The summed E-state index contributed by atoms with van der Waals surface area (Å²) in [5.41, 5.74) is 0. The number of aliphatic hydroxyl groups excluding tert-OH is 5. The first-order valence-electron chi connectivity index (χ1n) is 27.7. The van der Waals surface area contributed by atoms with Crippen molar-refractivity contribution in [1.29, 1.82) is 0 Å². The molecular formula is C58H101NO10. The van der Waals surface area contributed by atoms with E-state index in [0.29, 0.717) is 19.3 Å². The first-order valence-corrected chi connectivity index (χ1v) is 27.7. The van der Waals surface area contributed by atoms with Gasteiger partial charge in [0, 0.05) is 6.42 Å². The molecular weight excluding hydrogens is 871 g/mol. The van der Waals surface area contributed by atoms with Gasteiger partial charge in [-0.2, -0.15) is 0 Å². The predicted octanol–water partition coefficient (Wildman–Crippen LogP) is 12.1. The van der Waals surface area contributed by atoms with Gasteiger partial charge in [-0.15, -0.1) is 0 Å². The third kappa shape index (κ3) is 35.0. The van der Waals surface area contributed by atoms with Gasteiger partial charge in [-0.25, -0.2) is 0 Å². The topological polar surface area (TPSA) is 175 Å². The van der Waals surface area contributed by atoms with E-state index in [1.54, 1.807) is 6.08 Å². The molecule has 0 aromatic carbocycles. The molecule has 1 amide bonds. The number of carbonyl (C=O) groups is 2. The summed E-state index contributed by atoms with van der Waals surface area (Å²) in [6.45, 7) is 5.61. The minimum atomic E-state index is -1.64. The molecule has 0 bridgehead atoms. The zero-order valence-corrected chi connectivity index (χ0v) is 43.7. The molecule has 8 atom stereocenters. The van der Waals surface area contributed by atoms with E-state index in [9.17, 15) is 35.1 Å². The average molecular weight is 972 g/mol. The molecule has 0 saturated carbocycles. The van der Waals surface area contributed by atoms with Crippen LogP contribution in [0.2, 0.25) is 0 Å². The average Bonchev–Trinajstić information content (AvgIpc) is 3.34. The van der Waals surface area contributed by atoms with Crippen LogP contribution in [0.25, 0.3) is 0 Å². The smallest absolute Gasteiger partial charge is 0.306 e. The number of allylic oxidation sites excluding steroid dienone is 11. The quantitative estimate of drug-likeness (QED) is 0.0196. The predicted molar refractivity (Wildman–Crippen MR) is 283 cm³/mol. The van der Waals surface area contributed by atoms with Crippen molar-refractivity contribution < 1.29 is 49.3 Å². The molecule has 0 aromatic heterocycles. The highest BCUT2D eigenvalue weighted by Crippen LogP contribution is 2.26. The molecule has 11 nitrogen and oxygen atoms in total. The third-order valence-corrected chi connectivity index (χ3v) is 12.6. The zero-order chi connectivity index (χ0) is 50.4. The van der Waals surface area contributed by atoms with Gasteiger partial charge in [0.25, 0.3) is 0 Å². The maximum absolute atomic E-state index is 13.3. The molecule has 0 aromatic rings. The van der Waals surface area contributed by atoms with Crippen molar-refractivity contribution >= 4 is 11.9 Å². The second-order valence-corrected chi connectivity index (χ2v) is 18.9. The van der Waals surface area contributed by atoms with Gasteiger partial charge >= 0.3 is 5.97 Å². The van der Waals surface area contributed by atoms with E-state index in [4.69, 9.17) is 14.2 Å². The first-order chi connectivity index (χ1) is 33.7. The van der Waals surface area contributed by atoms with E-state index in [1.807, 2.05) is 18.2 Å². The summed E-state index contributed by atoms with van der Waals surface area (Å²) in [4.78, 5) is 26.4. The van der Waals surface area contributed by atoms with Crippen LogP contribution in [0.1, 0.15) is 220 Å². The van der Waals surface area contributed by atoms with Gasteiger partial charge in [0.15, 0.2) is 12.4 Å². The summed E-state index contributed by atoms with van der Waals surface area (Å²) in [6, 6.07) is -1.03. The molecule has 1 saturated heterocycles. The normalized spacial score (nSPS) is 20.4. The monoisotopic (exact) mass is 972 g/mol. The number of unbranched alkanes of at least 4 members (excludes halogenated alkanes) is 21. The van der Waals surface area contributed by atoms with Gasteiger partial charge in [0.1, 0.15) is 24.4 Å². The Kier molecular flexibility index (Phi) is 42.9. The Morgan fingerprint density at radius 2 is 1.04 bits per heavy atom. The van der Waals surface area contributed by atoms with E-state index in [0.717, 1.165) is 70.6 Å². The Morgan fingerprint density at radius 3 is 1.55 bits per heavy atom. The van der Waals surface area contributed by atoms with E-state index in [1.165, 1.54) is 96.3 Å². The summed E-state index contributed by atoms with van der Waals surface area (Å²) < 4.78 is 17.5. The van der Waals surface area contributed by atoms with Gasteiger partial charge in [-0.1, -0.05) is 222 Å². The number of hydrogen-bond acceptors (Lipinski definition) is 10. The molecule has 0 aliphatic carbocycles. The van der Waals surface area contributed by atoms with Crippen LogP contribution < -0.4 is 5.32 Å². The SMILES string of the molecule is CC/C=C\C/C=C\C/C=C\C/C=C\C/C=C\CCCC(=O)OC1C(OCC(NC(=O)C(O)CCCCCCCCCCCCCC)C(O)/C=C/CCCCCCCCCCC)OC(CO)C(O)C1O. The van der Waals surface area contributed by atoms with Crippen molar-refractivity contribution in [3.63, 3.8) is 0 Å². The number of ether oxygens (including phenoxy) is 3. The van der Waals surface area contributed by atoms with Gasteiger partial charge in [-0.05, 0) is 64.2 Å². The number of rotatable bonds is 45. The Hall–Kier alpha value is -2.90. The highest BCUT2D eigenvalue weighted by Gasteiger charge is 2.47. The van der Waals surface area contributed by atoms with Gasteiger partial charge < -0.3 is 45.1 Å². The maximum Gasteiger partial charge on any atom is 0.306 e. The molecule has 1 rings (SSSR count). The van der Waals surface area contributed by atoms with Crippen molar-refractivity contribution in [1.82, 2.24) is 5.32 Å². The van der Waals surface area contributed by atoms with Crippen LogP contribution in [-0.4, -0.2) is 99.6 Å². The summed E-state index contributed by atoms with van der Waals surface area (Å²) in [7, 11) is 0. The van der Waals surface area contributed by atoms with Crippen LogP contribution in [0.5, 0.6) is 0 Å². The molecule has 0 radical (unpaired) electrons. The summed E-state index contributed by atoms with van der Waals surface area (Å²) in [5, 5.41) is 56.6. The molecule has 1 aliphatic rings. The van der Waals surface area contributed by atoms with E-state index in [2.05, 4.69) is 74.7 Å². The largest absolute Gasteiger partial charge is 0.454 e. The first kappa shape index (κ1) is 64.1. The summed E-state index contributed by atoms with van der Waals surface area (Å²) in [5.74, 6) is -1.26. The van der Waals surface area contributed by atoms with Crippen LogP contribution in [0.4, 0.5) is 0 Å². The lowest BCUT2D eigenvalue weighted by atomic mass is 9.99. The molecule has 8 unspecified atom stereocenters. The molecule has 6 N–H and O–H groups in total. The standard InChI is InChI=1S/C58H101NO10/c1-4-7-10-13-16-19-22-24-25-26-27-28-31-34-37-40-43-46-53(63)69-56-55(65)54(64)52(47-60)68-58(56)67-48-49(50(61)44-41-38-35-32-29-21-18-15-12-9-6-3)59-57(66)51(62)45-42-39-36-33-30-23-20-17-14-11-8-5-2/h7,10,16,19,24-25,27-28,34,37,41,44,49-52,54-56,58,60-62,64-65H,4-6,8-9,11-15,17-18,20-23,26,29-33,35-36,38-40,42-43,45-48H2,1-3H3,(H,59,66)/b10-7-,19-16-,25-24-,28-27-,37-34-,44-41+. The number of aliphatic hydroxyl groups is 5. The molecule has 398 valence electrons. The Balaban J connectivity index is 2.78. The Bertz CT molecular complexity index is 1390. The Morgan fingerprint density at radius 1 is 0.580 bits per heavy atom. The second kappa shape index (κ2) is 46.2. The lowest BCUT2D eigenvalue weighted by Crippen LogP contribution is -2.61. The van der Waals surface area contributed by atoms with Crippen molar-refractivity contribution in [3.8, 4) is 0 Å². The number of hydrogen-bond donors (Lipinski definition) is 6. The van der Waals surface area contributed by atoms with Gasteiger partial charge in [0.05, 0.1) is 25.4 Å². The number of carbonyl (C=O) groups excluding carboxylic acids is 2. The molecule has 11 heteroatoms. The van der Waals surface area contributed by atoms with E-state index >= 15 is 0 Å². The lowest BCUT2D eigenvalue weighted by molar-refractivity contribution is -0.305. The fourth-order valence-corrected chi connectivity index (χ4v) is 8.21. The number of esters is 1. The van der Waals surface area contributed by atoms with Crippen LogP contribution in [0.15, 0.2) is 72.9 Å². The summed E-state index contributed by atoms with van der Waals surface area (Å²) >= 11 is 0. The second-order valence-electron chi connectivity index (χ2n) is 18.9. The van der Waals surface area contributed by atoms with Crippen LogP contribution in [0.3, 0.4) is 0 Å². The van der Waals surface area contributed by atoms with Crippen molar-refractivity contribution in [2.75, 3.05) is 13.2 Å². The maximum atomic E-state index is 13.3. The van der Waals surface area contributed by atoms with Gasteiger partial charge in [-0.3, -0.25) is 9.59 Å². The fraction of sp³-hybridized carbons (Fsp3) is 0.759. The minimum absolute atomic E-state index is 0.0437. The van der Waals surface area contributed by atoms with Crippen LogP contribution in [0, 0.1) is 0 Å². The van der Waals surface area contributed by atoms with E-state index in [-0.39, 0.29) is 19.4 Å². The Labute approximate surface area is 420 Å². The highest BCUT2D eigenvalue weighted by atomic mass is 16.7. The third-order valence-electron chi connectivity index (χ3n) is 12.6. The molecule has 1 heterocycles. The molecule has 1 aliphatic heterocycles. The number of nitrogens with one attached hydrogen (secondary N) is 1. The van der Waals surface area contributed by atoms with Gasteiger partial charge in [0.2, 0.25) is 5.91 Å². The zero-order valence-electron chi connectivity index (χ0n) is 43.7. The minimum Gasteiger partial charge on any atom is -0.454 e. The molecule has 1 fully saturated rings. The van der Waals surface area contributed by atoms with Crippen LogP contribution in [-0.2, 0) is 23.8 Å².